The fourth-order valence-electron chi connectivity index (χ4n) is 3.55. The summed E-state index contributed by atoms with van der Waals surface area (Å²) >= 11 is 0. The Hall–Kier alpha value is -2.09. The maximum atomic E-state index is 12.7. The van der Waals surface area contributed by atoms with Gasteiger partial charge in [0.2, 0.25) is 5.91 Å². The van der Waals surface area contributed by atoms with E-state index in [-0.39, 0.29) is 24.1 Å². The lowest BCUT2D eigenvalue weighted by Crippen LogP contribution is -2.50. The number of piperidine rings is 1. The molecule has 2 aliphatic rings. The van der Waals surface area contributed by atoms with Gasteiger partial charge in [-0.15, -0.1) is 0 Å². The molecular formula is C17H20F3N3O2. The van der Waals surface area contributed by atoms with Crippen LogP contribution in [0.4, 0.5) is 13.2 Å². The summed E-state index contributed by atoms with van der Waals surface area (Å²) in [6.07, 6.45) is -0.553. The van der Waals surface area contributed by atoms with Crippen molar-refractivity contribution in [1.29, 1.82) is 0 Å². The molecule has 0 spiro atoms. The number of nitrogens with one attached hydrogen (secondary N) is 3. The van der Waals surface area contributed by atoms with Crippen molar-refractivity contribution in [2.24, 2.45) is 0 Å². The molecule has 2 saturated heterocycles. The predicted octanol–water partition coefficient (Wildman–Crippen LogP) is 1.83. The van der Waals surface area contributed by atoms with Gasteiger partial charge in [-0.25, -0.2) is 0 Å². The molecule has 136 valence electrons. The Morgan fingerprint density at radius 2 is 1.84 bits per heavy atom. The molecule has 0 radical (unpaired) electrons. The first kappa shape index (κ1) is 17.7. The molecular weight excluding hydrogens is 335 g/mol. The molecule has 3 atom stereocenters. The van der Waals surface area contributed by atoms with E-state index in [9.17, 15) is 22.8 Å². The number of carbonyl (C=O) groups is 2. The van der Waals surface area contributed by atoms with Crippen LogP contribution in [0.3, 0.4) is 0 Å². The van der Waals surface area contributed by atoms with Crippen LogP contribution in [0.5, 0.6) is 0 Å². The van der Waals surface area contributed by atoms with Crippen molar-refractivity contribution >= 4 is 11.8 Å². The molecule has 25 heavy (non-hydrogen) atoms. The average molecular weight is 355 g/mol. The van der Waals surface area contributed by atoms with Crippen LogP contribution < -0.4 is 16.0 Å². The largest absolute Gasteiger partial charge is 0.416 e. The normalized spacial score (nSPS) is 25.5. The molecule has 0 aromatic heterocycles. The number of alkyl halides is 3. The number of hydrogen-bond donors (Lipinski definition) is 3. The van der Waals surface area contributed by atoms with E-state index in [1.165, 1.54) is 12.1 Å². The Balaban J connectivity index is 1.49. The van der Waals surface area contributed by atoms with Crippen LogP contribution in [0, 0.1) is 0 Å². The van der Waals surface area contributed by atoms with E-state index >= 15 is 0 Å². The number of benzene rings is 1. The van der Waals surface area contributed by atoms with Crippen LogP contribution in [-0.2, 0) is 11.0 Å². The summed E-state index contributed by atoms with van der Waals surface area (Å²) < 4.78 is 38.0. The highest BCUT2D eigenvalue weighted by molar-refractivity contribution is 5.96. The molecule has 2 aliphatic heterocycles. The van der Waals surface area contributed by atoms with Crippen LogP contribution in [0.2, 0.25) is 0 Å². The van der Waals surface area contributed by atoms with Crippen LogP contribution in [0.1, 0.15) is 41.6 Å². The Labute approximate surface area is 143 Å². The minimum Gasteiger partial charge on any atom is -0.352 e. The molecule has 0 saturated carbocycles. The molecule has 2 heterocycles. The van der Waals surface area contributed by atoms with E-state index in [0.717, 1.165) is 37.8 Å². The Kier molecular flexibility index (Phi) is 4.99. The highest BCUT2D eigenvalue weighted by Crippen LogP contribution is 2.29. The van der Waals surface area contributed by atoms with Gasteiger partial charge in [0.1, 0.15) is 0 Å². The molecule has 3 N–H and O–H groups in total. The molecule has 5 nitrogen and oxygen atoms in total. The van der Waals surface area contributed by atoms with E-state index in [0.29, 0.717) is 12.1 Å². The van der Waals surface area contributed by atoms with E-state index in [4.69, 9.17) is 0 Å². The van der Waals surface area contributed by atoms with Crippen LogP contribution >= 0.6 is 0 Å². The van der Waals surface area contributed by atoms with Gasteiger partial charge in [-0.05, 0) is 43.9 Å². The fraction of sp³-hybridized carbons (Fsp3) is 0.529. The first-order valence-electron chi connectivity index (χ1n) is 8.32. The lowest BCUT2D eigenvalue weighted by Gasteiger charge is -2.29. The molecule has 0 aliphatic carbocycles. The Morgan fingerprint density at radius 1 is 1.16 bits per heavy atom. The minimum absolute atomic E-state index is 0.0803. The monoisotopic (exact) mass is 355 g/mol. The minimum atomic E-state index is -4.51. The van der Waals surface area contributed by atoms with Crippen LogP contribution in [0.25, 0.3) is 0 Å². The van der Waals surface area contributed by atoms with Crippen LogP contribution in [0.15, 0.2) is 24.3 Å². The quantitative estimate of drug-likeness (QED) is 0.772. The number of carbonyl (C=O) groups excluding carboxylic acids is 2. The Morgan fingerprint density at radius 3 is 2.48 bits per heavy atom. The maximum Gasteiger partial charge on any atom is 0.416 e. The van der Waals surface area contributed by atoms with Gasteiger partial charge in [-0.2, -0.15) is 13.2 Å². The first-order chi connectivity index (χ1) is 11.8. The summed E-state index contributed by atoms with van der Waals surface area (Å²) in [6.45, 7) is -0.256. The fourth-order valence-corrected chi connectivity index (χ4v) is 3.55. The topological polar surface area (TPSA) is 70.2 Å². The molecule has 1 aromatic carbocycles. The summed E-state index contributed by atoms with van der Waals surface area (Å²) in [4.78, 5) is 23.9. The van der Waals surface area contributed by atoms with Crippen molar-refractivity contribution in [3.8, 4) is 0 Å². The summed E-state index contributed by atoms with van der Waals surface area (Å²) in [6, 6.07) is 5.08. The maximum absolute atomic E-state index is 12.7. The molecule has 2 bridgehead atoms. The molecule has 3 rings (SSSR count). The van der Waals surface area contributed by atoms with Crippen molar-refractivity contribution < 1.29 is 22.8 Å². The summed E-state index contributed by atoms with van der Waals surface area (Å²) in [5.41, 5.74) is -1.02. The molecule has 2 fully saturated rings. The zero-order chi connectivity index (χ0) is 18.0. The standard InChI is InChI=1S/C17H20F3N3O2/c18-17(19,20)11-3-1-2-10(6-11)16(25)21-9-15(24)23-14-7-12-4-5-13(8-14)22-12/h1-3,6,12-14,22H,4-5,7-9H2,(H,21,25)(H,23,24)/t12-,13+,14?. The van der Waals surface area contributed by atoms with Gasteiger partial charge in [0, 0.05) is 23.7 Å². The van der Waals surface area contributed by atoms with Crippen molar-refractivity contribution in [1.82, 2.24) is 16.0 Å². The van der Waals surface area contributed by atoms with Gasteiger partial charge in [0.25, 0.3) is 5.91 Å². The lowest BCUT2D eigenvalue weighted by atomic mass is 10.00. The van der Waals surface area contributed by atoms with Crippen LogP contribution in [-0.4, -0.2) is 36.5 Å². The highest BCUT2D eigenvalue weighted by atomic mass is 19.4. The van der Waals surface area contributed by atoms with Crippen molar-refractivity contribution in [2.45, 2.75) is 50.0 Å². The number of hydrogen-bond acceptors (Lipinski definition) is 3. The number of amides is 2. The smallest absolute Gasteiger partial charge is 0.352 e. The first-order valence-corrected chi connectivity index (χ1v) is 8.32. The molecule has 1 unspecified atom stereocenters. The third-order valence-corrected chi connectivity index (χ3v) is 4.70. The second-order valence-corrected chi connectivity index (χ2v) is 6.63. The summed E-state index contributed by atoms with van der Waals surface area (Å²) in [5.74, 6) is -1.03. The average Bonchev–Trinajstić information content (AvgIpc) is 2.90. The predicted molar refractivity (Wildman–Crippen MR) is 84.9 cm³/mol. The second kappa shape index (κ2) is 7.03. The van der Waals surface area contributed by atoms with Gasteiger partial charge >= 0.3 is 6.18 Å². The number of rotatable bonds is 4. The van der Waals surface area contributed by atoms with Crippen molar-refractivity contribution in [2.75, 3.05) is 6.54 Å². The number of halogens is 3. The van der Waals surface area contributed by atoms with E-state index in [2.05, 4.69) is 16.0 Å². The zero-order valence-corrected chi connectivity index (χ0v) is 13.5. The zero-order valence-electron chi connectivity index (χ0n) is 13.5. The van der Waals surface area contributed by atoms with E-state index in [1.807, 2.05) is 0 Å². The third kappa shape index (κ3) is 4.50. The second-order valence-electron chi connectivity index (χ2n) is 6.63. The van der Waals surface area contributed by atoms with E-state index < -0.39 is 17.6 Å². The summed E-state index contributed by atoms with van der Waals surface area (Å²) in [5, 5.41) is 8.73. The molecule has 2 amide bonds. The van der Waals surface area contributed by atoms with E-state index in [1.54, 1.807) is 0 Å². The highest BCUT2D eigenvalue weighted by Gasteiger charge is 2.34. The lowest BCUT2D eigenvalue weighted by molar-refractivity contribution is -0.137. The van der Waals surface area contributed by atoms with Gasteiger partial charge in [-0.1, -0.05) is 6.07 Å². The Bertz CT molecular complexity index is 651. The van der Waals surface area contributed by atoms with Gasteiger partial charge < -0.3 is 16.0 Å². The van der Waals surface area contributed by atoms with Gasteiger partial charge in [0.15, 0.2) is 0 Å². The SMILES string of the molecule is O=C(CNC(=O)c1cccc(C(F)(F)F)c1)NC1C[C@H]2CC[C@@H](C1)N2. The molecule has 1 aromatic rings. The summed E-state index contributed by atoms with van der Waals surface area (Å²) in [7, 11) is 0. The van der Waals surface area contributed by atoms with Gasteiger partial charge in [0.05, 0.1) is 12.1 Å². The molecule has 8 heteroatoms. The van der Waals surface area contributed by atoms with Crippen molar-refractivity contribution in [3.63, 3.8) is 0 Å². The third-order valence-electron chi connectivity index (χ3n) is 4.70. The van der Waals surface area contributed by atoms with Crippen molar-refractivity contribution in [3.05, 3.63) is 35.4 Å². The van der Waals surface area contributed by atoms with Gasteiger partial charge in [-0.3, -0.25) is 9.59 Å². The number of fused-ring (bicyclic) bond motifs is 2.